The molecule has 0 aliphatic carbocycles. The van der Waals surface area contributed by atoms with E-state index in [0.717, 1.165) is 0 Å². The first kappa shape index (κ1) is 18.9. The van der Waals surface area contributed by atoms with Crippen LogP contribution < -0.4 is 0 Å². The summed E-state index contributed by atoms with van der Waals surface area (Å²) >= 11 is 4.16. The molecular formula is C16H36BrP. The zero-order chi connectivity index (χ0) is 13.9. The quantitative estimate of drug-likeness (QED) is 0.264. The molecule has 0 fully saturated rings. The van der Waals surface area contributed by atoms with Crippen molar-refractivity contribution in [2.24, 2.45) is 0 Å². The summed E-state index contributed by atoms with van der Waals surface area (Å²) in [6.07, 6.45) is 17.1. The molecule has 0 nitrogen and oxygen atoms in total. The number of rotatable bonds is 12. The van der Waals surface area contributed by atoms with Crippen LogP contribution in [-0.2, 0) is 0 Å². The molecule has 0 saturated carbocycles. The van der Waals surface area contributed by atoms with E-state index in [9.17, 15) is 0 Å². The zero-order valence-electron chi connectivity index (χ0n) is 13.3. The fourth-order valence-electron chi connectivity index (χ4n) is 2.52. The standard InChI is InChI=1S/C16H36BrP/c1-5-7-9-11-13-15-18(3,4,17)16-14-12-10-8-6-2/h5-16H2,1-4H3. The molecular weight excluding hydrogens is 303 g/mol. The van der Waals surface area contributed by atoms with Crippen LogP contribution in [0.2, 0.25) is 0 Å². The predicted molar refractivity (Wildman–Crippen MR) is 94.9 cm³/mol. The summed E-state index contributed by atoms with van der Waals surface area (Å²) in [5.41, 5.74) is 0. The van der Waals surface area contributed by atoms with E-state index in [2.05, 4.69) is 42.7 Å². The molecule has 0 heterocycles. The van der Waals surface area contributed by atoms with Crippen molar-refractivity contribution in [1.82, 2.24) is 0 Å². The molecule has 0 bridgehead atoms. The van der Waals surface area contributed by atoms with Gasteiger partial charge in [-0.05, 0) is 0 Å². The number of halogens is 1. The third kappa shape index (κ3) is 12.0. The summed E-state index contributed by atoms with van der Waals surface area (Å²) in [6.45, 7) is 9.65. The van der Waals surface area contributed by atoms with Crippen LogP contribution in [0, 0.1) is 0 Å². The molecule has 0 aliphatic rings. The third-order valence-corrected chi connectivity index (χ3v) is 9.42. The van der Waals surface area contributed by atoms with E-state index in [0.29, 0.717) is 0 Å². The molecule has 18 heavy (non-hydrogen) atoms. The first-order valence-electron chi connectivity index (χ1n) is 8.11. The average Bonchev–Trinajstić information content (AvgIpc) is 2.28. The van der Waals surface area contributed by atoms with E-state index in [1.165, 1.54) is 76.5 Å². The Morgan fingerprint density at radius 2 is 0.944 bits per heavy atom. The maximum absolute atomic E-state index is 4.16. The van der Waals surface area contributed by atoms with Crippen molar-refractivity contribution < 1.29 is 0 Å². The molecule has 0 atom stereocenters. The molecule has 0 unspecified atom stereocenters. The van der Waals surface area contributed by atoms with Crippen LogP contribution in [0.3, 0.4) is 0 Å². The third-order valence-electron chi connectivity index (χ3n) is 3.90. The molecule has 0 aliphatic heterocycles. The van der Waals surface area contributed by atoms with Gasteiger partial charge >= 0.3 is 125 Å². The van der Waals surface area contributed by atoms with Crippen molar-refractivity contribution in [3.05, 3.63) is 0 Å². The molecule has 0 N–H and O–H groups in total. The molecule has 0 amide bonds. The molecule has 0 aromatic carbocycles. The SMILES string of the molecule is CCCCCCCP(C)(C)(Br)CCCCCCC. The van der Waals surface area contributed by atoms with Gasteiger partial charge in [0.2, 0.25) is 0 Å². The van der Waals surface area contributed by atoms with Gasteiger partial charge in [-0.3, -0.25) is 0 Å². The normalized spacial score (nSPS) is 14.4. The van der Waals surface area contributed by atoms with Crippen molar-refractivity contribution in [1.29, 1.82) is 0 Å². The minimum atomic E-state index is -1.48. The number of unbranched alkanes of at least 4 members (excludes halogenated alkanes) is 8. The van der Waals surface area contributed by atoms with E-state index in [4.69, 9.17) is 0 Å². The van der Waals surface area contributed by atoms with Crippen LogP contribution in [0.1, 0.15) is 78.1 Å². The van der Waals surface area contributed by atoms with Gasteiger partial charge in [-0.15, -0.1) is 0 Å². The van der Waals surface area contributed by atoms with E-state index >= 15 is 0 Å². The van der Waals surface area contributed by atoms with Gasteiger partial charge in [-0.1, -0.05) is 0 Å². The molecule has 112 valence electrons. The Morgan fingerprint density at radius 1 is 0.611 bits per heavy atom. The van der Waals surface area contributed by atoms with Gasteiger partial charge in [-0.2, -0.15) is 0 Å². The second-order valence-electron chi connectivity index (χ2n) is 6.79. The fraction of sp³-hybridized carbons (Fsp3) is 1.00. The van der Waals surface area contributed by atoms with Gasteiger partial charge in [0, 0.05) is 0 Å². The van der Waals surface area contributed by atoms with Gasteiger partial charge in [-0.25, -0.2) is 0 Å². The van der Waals surface area contributed by atoms with Crippen molar-refractivity contribution in [2.45, 2.75) is 78.1 Å². The van der Waals surface area contributed by atoms with E-state index in [-0.39, 0.29) is 0 Å². The molecule has 0 radical (unpaired) electrons. The van der Waals surface area contributed by atoms with Gasteiger partial charge < -0.3 is 0 Å². The first-order chi connectivity index (χ1) is 8.39. The summed E-state index contributed by atoms with van der Waals surface area (Å²) in [7, 11) is 0. The average molecular weight is 339 g/mol. The van der Waals surface area contributed by atoms with Crippen LogP contribution in [0.4, 0.5) is 0 Å². The Hall–Kier alpha value is 0.910. The van der Waals surface area contributed by atoms with Crippen molar-refractivity contribution >= 4 is 20.8 Å². The second kappa shape index (κ2) is 9.76. The van der Waals surface area contributed by atoms with Crippen LogP contribution in [0.25, 0.3) is 0 Å². The van der Waals surface area contributed by atoms with E-state index in [1.54, 1.807) is 0 Å². The Kier molecular flexibility index (Phi) is 10.3. The monoisotopic (exact) mass is 338 g/mol. The van der Waals surface area contributed by atoms with Gasteiger partial charge in [0.05, 0.1) is 0 Å². The molecule has 0 spiro atoms. The topological polar surface area (TPSA) is 0 Å². The van der Waals surface area contributed by atoms with Crippen LogP contribution >= 0.6 is 20.8 Å². The summed E-state index contributed by atoms with van der Waals surface area (Å²) < 4.78 is 0. The van der Waals surface area contributed by atoms with Gasteiger partial charge in [0.1, 0.15) is 0 Å². The van der Waals surface area contributed by atoms with Gasteiger partial charge in [0.25, 0.3) is 0 Å². The Balaban J connectivity index is 3.69. The Bertz CT molecular complexity index is 175. The van der Waals surface area contributed by atoms with E-state index in [1.807, 2.05) is 0 Å². The molecule has 0 rings (SSSR count). The van der Waals surface area contributed by atoms with Crippen molar-refractivity contribution in [3.63, 3.8) is 0 Å². The van der Waals surface area contributed by atoms with E-state index < -0.39 is 5.31 Å². The maximum atomic E-state index is 4.16. The Labute approximate surface area is 124 Å². The predicted octanol–water partition coefficient (Wildman–Crippen LogP) is 7.05. The molecule has 0 saturated heterocycles. The fourth-order valence-corrected chi connectivity index (χ4v) is 6.64. The molecule has 2 heteroatoms. The van der Waals surface area contributed by atoms with Crippen molar-refractivity contribution in [3.8, 4) is 0 Å². The summed E-state index contributed by atoms with van der Waals surface area (Å²) in [5, 5.41) is -1.48. The van der Waals surface area contributed by atoms with Crippen LogP contribution in [0.15, 0.2) is 0 Å². The Morgan fingerprint density at radius 3 is 1.28 bits per heavy atom. The summed E-state index contributed by atoms with van der Waals surface area (Å²) in [6, 6.07) is 0. The summed E-state index contributed by atoms with van der Waals surface area (Å²) in [4.78, 5) is 0. The first-order valence-corrected chi connectivity index (χ1v) is 13.6. The van der Waals surface area contributed by atoms with Gasteiger partial charge in [0.15, 0.2) is 0 Å². The zero-order valence-corrected chi connectivity index (χ0v) is 15.8. The molecule has 0 aromatic rings. The minimum absolute atomic E-state index is 1.35. The summed E-state index contributed by atoms with van der Waals surface area (Å²) in [5.74, 6) is 0. The van der Waals surface area contributed by atoms with Crippen LogP contribution in [0.5, 0.6) is 0 Å². The van der Waals surface area contributed by atoms with Crippen LogP contribution in [-0.4, -0.2) is 25.7 Å². The second-order valence-corrected chi connectivity index (χ2v) is 20.0. The van der Waals surface area contributed by atoms with Crippen molar-refractivity contribution in [2.75, 3.05) is 25.7 Å². The number of hydrogen-bond donors (Lipinski definition) is 0. The number of hydrogen-bond acceptors (Lipinski definition) is 0. The molecule has 0 aromatic heterocycles.